The molecule has 2 rings (SSSR count). The maximum atomic E-state index is 5.74. The summed E-state index contributed by atoms with van der Waals surface area (Å²) in [5.41, 5.74) is 0. The minimum absolute atomic E-state index is 0.134. The molecule has 7 heteroatoms. The Labute approximate surface area is 105 Å². The van der Waals surface area contributed by atoms with Gasteiger partial charge in [0.25, 0.3) is 0 Å². The van der Waals surface area contributed by atoms with Crippen LogP contribution in [0.4, 0.5) is 5.95 Å². The first-order valence-electron chi connectivity index (χ1n) is 5.61. The Morgan fingerprint density at radius 3 is 2.82 bits per heavy atom. The Bertz CT molecular complexity index is 385. The summed E-state index contributed by atoms with van der Waals surface area (Å²) in [7, 11) is 3.82. The highest BCUT2D eigenvalue weighted by molar-refractivity contribution is 6.28. The van der Waals surface area contributed by atoms with Crippen LogP contribution in [0.2, 0.25) is 5.28 Å². The smallest absolute Gasteiger partial charge is 0.322 e. The first-order valence-corrected chi connectivity index (χ1v) is 5.99. The van der Waals surface area contributed by atoms with E-state index in [4.69, 9.17) is 16.3 Å². The topological polar surface area (TPSA) is 63.2 Å². The van der Waals surface area contributed by atoms with Crippen molar-refractivity contribution in [1.29, 1.82) is 0 Å². The summed E-state index contributed by atoms with van der Waals surface area (Å²) in [5, 5.41) is 2.93. The van der Waals surface area contributed by atoms with E-state index in [1.54, 1.807) is 7.05 Å². The van der Waals surface area contributed by atoms with Crippen molar-refractivity contribution < 1.29 is 4.74 Å². The quantitative estimate of drug-likeness (QED) is 0.822. The van der Waals surface area contributed by atoms with E-state index in [2.05, 4.69) is 32.2 Å². The molecule has 17 heavy (non-hydrogen) atoms. The highest BCUT2D eigenvalue weighted by atomic mass is 35.5. The van der Waals surface area contributed by atoms with Gasteiger partial charge in [-0.25, -0.2) is 0 Å². The summed E-state index contributed by atoms with van der Waals surface area (Å²) < 4.78 is 5.45. The van der Waals surface area contributed by atoms with Crippen molar-refractivity contribution in [3.05, 3.63) is 5.28 Å². The zero-order chi connectivity index (χ0) is 12.3. The van der Waals surface area contributed by atoms with Gasteiger partial charge < -0.3 is 15.0 Å². The molecule has 0 amide bonds. The molecule has 94 valence electrons. The fourth-order valence-electron chi connectivity index (χ4n) is 1.49. The lowest BCUT2D eigenvalue weighted by Crippen LogP contribution is -2.26. The van der Waals surface area contributed by atoms with Crippen LogP contribution >= 0.6 is 11.6 Å². The molecular formula is C10H16ClN5O. The van der Waals surface area contributed by atoms with Crippen molar-refractivity contribution >= 4 is 17.5 Å². The molecule has 1 aromatic heterocycles. The summed E-state index contributed by atoms with van der Waals surface area (Å²) >= 11 is 5.74. The molecule has 0 unspecified atom stereocenters. The lowest BCUT2D eigenvalue weighted by atomic mass is 10.5. The first kappa shape index (κ1) is 12.3. The standard InChI is InChI=1S/C10H16ClN5O/c1-12-9-13-8(11)14-10(15-9)17-6-5-16(2)7-3-4-7/h7H,3-6H2,1-2H3,(H,12,13,14,15). The summed E-state index contributed by atoms with van der Waals surface area (Å²) in [6.45, 7) is 1.42. The average Bonchev–Trinajstić information content (AvgIpc) is 3.12. The molecular weight excluding hydrogens is 242 g/mol. The summed E-state index contributed by atoms with van der Waals surface area (Å²) in [6.07, 6.45) is 2.58. The maximum Gasteiger partial charge on any atom is 0.322 e. The van der Waals surface area contributed by atoms with Gasteiger partial charge in [0.15, 0.2) is 0 Å². The Morgan fingerprint density at radius 2 is 2.18 bits per heavy atom. The normalized spacial score (nSPS) is 15.1. The molecule has 1 aliphatic rings. The number of ether oxygens (including phenoxy) is 1. The second-order valence-corrected chi connectivity index (χ2v) is 4.36. The maximum absolute atomic E-state index is 5.74. The minimum atomic E-state index is 0.134. The molecule has 1 aromatic rings. The predicted octanol–water partition coefficient (Wildman–Crippen LogP) is 1.04. The minimum Gasteiger partial charge on any atom is -0.462 e. The predicted molar refractivity (Wildman–Crippen MR) is 65.5 cm³/mol. The first-order chi connectivity index (χ1) is 8.19. The van der Waals surface area contributed by atoms with Gasteiger partial charge in [-0.05, 0) is 31.5 Å². The molecule has 0 saturated heterocycles. The Kier molecular flexibility index (Phi) is 3.96. The van der Waals surface area contributed by atoms with E-state index in [0.29, 0.717) is 12.6 Å². The number of rotatable bonds is 6. The van der Waals surface area contributed by atoms with Crippen LogP contribution in [0.5, 0.6) is 6.01 Å². The second-order valence-electron chi connectivity index (χ2n) is 4.02. The molecule has 0 aliphatic heterocycles. The molecule has 0 spiro atoms. The number of nitrogens with zero attached hydrogens (tertiary/aromatic N) is 4. The Balaban J connectivity index is 1.83. The SMILES string of the molecule is CNc1nc(Cl)nc(OCCN(C)C2CC2)n1. The number of halogens is 1. The van der Waals surface area contributed by atoms with Crippen LogP contribution < -0.4 is 10.1 Å². The van der Waals surface area contributed by atoms with E-state index in [0.717, 1.165) is 12.6 Å². The van der Waals surface area contributed by atoms with Gasteiger partial charge in [0.05, 0.1) is 0 Å². The van der Waals surface area contributed by atoms with Crippen LogP contribution in [0, 0.1) is 0 Å². The summed E-state index contributed by atoms with van der Waals surface area (Å²) in [5.74, 6) is 0.413. The number of nitrogens with one attached hydrogen (secondary N) is 1. The summed E-state index contributed by atoms with van der Waals surface area (Å²) in [4.78, 5) is 14.1. The van der Waals surface area contributed by atoms with E-state index in [1.807, 2.05) is 0 Å². The second kappa shape index (κ2) is 5.46. The lowest BCUT2D eigenvalue weighted by Gasteiger charge is -2.15. The van der Waals surface area contributed by atoms with Gasteiger partial charge in [0.2, 0.25) is 11.2 Å². The Morgan fingerprint density at radius 1 is 1.41 bits per heavy atom. The molecule has 1 N–H and O–H groups in total. The van der Waals surface area contributed by atoms with Crippen molar-refractivity contribution in [3.8, 4) is 6.01 Å². The largest absolute Gasteiger partial charge is 0.462 e. The third kappa shape index (κ3) is 3.67. The monoisotopic (exact) mass is 257 g/mol. The van der Waals surface area contributed by atoms with Gasteiger partial charge in [-0.3, -0.25) is 0 Å². The van der Waals surface area contributed by atoms with Crippen LogP contribution in [0.25, 0.3) is 0 Å². The molecule has 1 heterocycles. The van der Waals surface area contributed by atoms with E-state index in [9.17, 15) is 0 Å². The van der Waals surface area contributed by atoms with Crippen LogP contribution in [-0.2, 0) is 0 Å². The number of hydrogen-bond acceptors (Lipinski definition) is 6. The molecule has 0 radical (unpaired) electrons. The highest BCUT2D eigenvalue weighted by Gasteiger charge is 2.25. The van der Waals surface area contributed by atoms with Gasteiger partial charge >= 0.3 is 6.01 Å². The van der Waals surface area contributed by atoms with Gasteiger partial charge in [0.1, 0.15) is 6.61 Å². The van der Waals surface area contributed by atoms with Crippen molar-refractivity contribution in [2.45, 2.75) is 18.9 Å². The molecule has 1 fully saturated rings. The van der Waals surface area contributed by atoms with Crippen LogP contribution in [0.3, 0.4) is 0 Å². The van der Waals surface area contributed by atoms with Crippen molar-refractivity contribution in [3.63, 3.8) is 0 Å². The highest BCUT2D eigenvalue weighted by Crippen LogP contribution is 2.24. The third-order valence-corrected chi connectivity index (χ3v) is 2.83. The molecule has 0 bridgehead atoms. The average molecular weight is 258 g/mol. The summed E-state index contributed by atoms with van der Waals surface area (Å²) in [6, 6.07) is 0.993. The molecule has 6 nitrogen and oxygen atoms in total. The lowest BCUT2D eigenvalue weighted by molar-refractivity contribution is 0.220. The fraction of sp³-hybridized carbons (Fsp3) is 0.700. The van der Waals surface area contributed by atoms with Crippen molar-refractivity contribution in [1.82, 2.24) is 19.9 Å². The molecule has 0 aromatic carbocycles. The van der Waals surface area contributed by atoms with Gasteiger partial charge in [-0.15, -0.1) is 0 Å². The van der Waals surface area contributed by atoms with E-state index < -0.39 is 0 Å². The number of aromatic nitrogens is 3. The third-order valence-electron chi connectivity index (χ3n) is 2.66. The van der Waals surface area contributed by atoms with Crippen LogP contribution in [0.15, 0.2) is 0 Å². The zero-order valence-electron chi connectivity index (χ0n) is 9.98. The molecule has 0 atom stereocenters. The van der Waals surface area contributed by atoms with Crippen LogP contribution in [-0.4, -0.2) is 53.1 Å². The van der Waals surface area contributed by atoms with Gasteiger partial charge in [0, 0.05) is 19.6 Å². The molecule has 1 aliphatic carbocycles. The van der Waals surface area contributed by atoms with Crippen molar-refractivity contribution in [2.24, 2.45) is 0 Å². The zero-order valence-corrected chi connectivity index (χ0v) is 10.7. The number of anilines is 1. The Hall–Kier alpha value is -1.14. The number of likely N-dealkylation sites (N-methyl/N-ethyl adjacent to an activating group) is 1. The molecule has 1 saturated carbocycles. The van der Waals surface area contributed by atoms with E-state index >= 15 is 0 Å². The number of hydrogen-bond donors (Lipinski definition) is 1. The fourth-order valence-corrected chi connectivity index (χ4v) is 1.64. The van der Waals surface area contributed by atoms with Crippen molar-refractivity contribution in [2.75, 3.05) is 32.6 Å². The van der Waals surface area contributed by atoms with Gasteiger partial charge in [-0.1, -0.05) is 0 Å². The van der Waals surface area contributed by atoms with E-state index in [-0.39, 0.29) is 11.3 Å². The van der Waals surface area contributed by atoms with E-state index in [1.165, 1.54) is 12.8 Å². The van der Waals surface area contributed by atoms with Crippen LogP contribution in [0.1, 0.15) is 12.8 Å². The van der Waals surface area contributed by atoms with Gasteiger partial charge in [-0.2, -0.15) is 15.0 Å².